The van der Waals surface area contributed by atoms with Gasteiger partial charge in [0.05, 0.1) is 11.6 Å². The Labute approximate surface area is 206 Å². The predicted molar refractivity (Wildman–Crippen MR) is 135 cm³/mol. The molecule has 0 fully saturated rings. The van der Waals surface area contributed by atoms with Crippen LogP contribution in [0.25, 0.3) is 0 Å². The Bertz CT molecular complexity index is 1140. The molecule has 0 bridgehead atoms. The van der Waals surface area contributed by atoms with Crippen LogP contribution in [0.3, 0.4) is 0 Å². The van der Waals surface area contributed by atoms with Crippen molar-refractivity contribution in [3.63, 3.8) is 0 Å². The Morgan fingerprint density at radius 2 is 1.84 bits per heavy atom. The van der Waals surface area contributed by atoms with Crippen molar-refractivity contribution in [1.82, 2.24) is 0 Å². The molecular weight excluding hydrogens is 515 g/mol. The number of hydrogen-bond acceptors (Lipinski definition) is 4. The van der Waals surface area contributed by atoms with Gasteiger partial charge in [0.15, 0.2) is 18.1 Å². The lowest BCUT2D eigenvalue weighted by atomic mass is 10.1. The van der Waals surface area contributed by atoms with Gasteiger partial charge < -0.3 is 20.1 Å². The third-order valence-electron chi connectivity index (χ3n) is 4.84. The van der Waals surface area contributed by atoms with Gasteiger partial charge in [-0.1, -0.05) is 35.3 Å². The van der Waals surface area contributed by atoms with Gasteiger partial charge in [0.2, 0.25) is 0 Å². The van der Waals surface area contributed by atoms with E-state index in [0.717, 1.165) is 22.4 Å². The average molecular weight is 538 g/mol. The fourth-order valence-electron chi connectivity index (χ4n) is 3.02. The van der Waals surface area contributed by atoms with Crippen LogP contribution in [0.4, 0.5) is 11.4 Å². The quantitative estimate of drug-likeness (QED) is 0.324. The first kappa shape index (κ1) is 24.2. The summed E-state index contributed by atoms with van der Waals surface area (Å²) >= 11 is 15.8. The molecule has 32 heavy (non-hydrogen) atoms. The van der Waals surface area contributed by atoms with Gasteiger partial charge in [0.25, 0.3) is 5.91 Å². The number of halogens is 3. The number of ether oxygens (including phenoxy) is 2. The smallest absolute Gasteiger partial charge is 0.262 e. The lowest BCUT2D eigenvalue weighted by molar-refractivity contribution is -0.118. The molecule has 0 radical (unpaired) electrons. The molecule has 8 heteroatoms. The number of carbonyl (C=O) groups is 1. The molecule has 0 aliphatic rings. The average Bonchev–Trinajstić information content (AvgIpc) is 2.76. The van der Waals surface area contributed by atoms with Crippen molar-refractivity contribution in [2.45, 2.75) is 20.4 Å². The van der Waals surface area contributed by atoms with Gasteiger partial charge in [-0.05, 0) is 82.9 Å². The summed E-state index contributed by atoms with van der Waals surface area (Å²) in [7, 11) is 1.56. The molecule has 2 N–H and O–H groups in total. The van der Waals surface area contributed by atoms with Crippen molar-refractivity contribution in [2.75, 3.05) is 24.4 Å². The molecule has 3 aromatic rings. The fraction of sp³-hybridized carbons (Fsp3) is 0.208. The minimum Gasteiger partial charge on any atom is -0.493 e. The molecule has 0 spiro atoms. The van der Waals surface area contributed by atoms with E-state index >= 15 is 0 Å². The fourth-order valence-corrected chi connectivity index (χ4v) is 3.98. The van der Waals surface area contributed by atoms with Crippen molar-refractivity contribution >= 4 is 56.4 Å². The SMILES string of the molecule is COc1cc(CNc2cccc(Cl)c2C)cc(Br)c1OCC(=O)Nc1ccc(C)c(Cl)c1. The molecule has 3 rings (SSSR count). The van der Waals surface area contributed by atoms with Crippen LogP contribution in [-0.2, 0) is 11.3 Å². The molecule has 0 aliphatic heterocycles. The Morgan fingerprint density at radius 1 is 1.06 bits per heavy atom. The van der Waals surface area contributed by atoms with Crippen LogP contribution in [0.2, 0.25) is 10.0 Å². The van der Waals surface area contributed by atoms with E-state index in [4.69, 9.17) is 32.7 Å². The highest BCUT2D eigenvalue weighted by Gasteiger charge is 2.14. The van der Waals surface area contributed by atoms with Crippen LogP contribution in [0, 0.1) is 13.8 Å². The lowest BCUT2D eigenvalue weighted by Crippen LogP contribution is -2.20. The first-order valence-electron chi connectivity index (χ1n) is 9.82. The molecule has 0 unspecified atom stereocenters. The van der Waals surface area contributed by atoms with Gasteiger partial charge in [-0.25, -0.2) is 0 Å². The van der Waals surface area contributed by atoms with Gasteiger partial charge in [-0.15, -0.1) is 0 Å². The number of aryl methyl sites for hydroxylation is 1. The van der Waals surface area contributed by atoms with E-state index in [1.54, 1.807) is 19.2 Å². The first-order valence-corrected chi connectivity index (χ1v) is 11.4. The van der Waals surface area contributed by atoms with E-state index in [9.17, 15) is 4.79 Å². The number of amides is 1. The van der Waals surface area contributed by atoms with Gasteiger partial charge >= 0.3 is 0 Å². The third-order valence-corrected chi connectivity index (χ3v) is 6.25. The largest absolute Gasteiger partial charge is 0.493 e. The molecule has 168 valence electrons. The summed E-state index contributed by atoms with van der Waals surface area (Å²) in [5, 5.41) is 7.45. The maximum absolute atomic E-state index is 12.3. The second-order valence-electron chi connectivity index (χ2n) is 7.18. The summed E-state index contributed by atoms with van der Waals surface area (Å²) in [5.74, 6) is 0.665. The van der Waals surface area contributed by atoms with E-state index in [1.165, 1.54) is 0 Å². The van der Waals surface area contributed by atoms with Crippen molar-refractivity contribution in [3.8, 4) is 11.5 Å². The molecule has 3 aromatic carbocycles. The number of benzene rings is 3. The molecule has 0 heterocycles. The normalized spacial score (nSPS) is 10.6. The molecular formula is C24H23BrCl2N2O3. The number of rotatable bonds is 8. The molecule has 0 saturated carbocycles. The molecule has 0 aromatic heterocycles. The van der Waals surface area contributed by atoms with Crippen molar-refractivity contribution < 1.29 is 14.3 Å². The van der Waals surface area contributed by atoms with Crippen LogP contribution in [0.1, 0.15) is 16.7 Å². The van der Waals surface area contributed by atoms with Gasteiger partial charge in [0.1, 0.15) is 0 Å². The Kier molecular flexibility index (Phi) is 8.29. The van der Waals surface area contributed by atoms with E-state index in [2.05, 4.69) is 26.6 Å². The summed E-state index contributed by atoms with van der Waals surface area (Å²) in [6.45, 7) is 4.24. The summed E-state index contributed by atoms with van der Waals surface area (Å²) in [4.78, 5) is 12.3. The minimum atomic E-state index is -0.305. The Morgan fingerprint density at radius 3 is 2.56 bits per heavy atom. The molecule has 0 saturated heterocycles. The number of nitrogens with one attached hydrogen (secondary N) is 2. The van der Waals surface area contributed by atoms with E-state index < -0.39 is 0 Å². The zero-order chi connectivity index (χ0) is 23.3. The van der Waals surface area contributed by atoms with Crippen molar-refractivity contribution in [2.24, 2.45) is 0 Å². The van der Waals surface area contributed by atoms with Crippen molar-refractivity contribution in [3.05, 3.63) is 79.7 Å². The van der Waals surface area contributed by atoms with Crippen LogP contribution in [-0.4, -0.2) is 19.6 Å². The zero-order valence-corrected chi connectivity index (χ0v) is 21.0. The molecule has 0 atom stereocenters. The van der Waals surface area contributed by atoms with Gasteiger partial charge in [-0.2, -0.15) is 0 Å². The second kappa shape index (κ2) is 10.9. The van der Waals surface area contributed by atoms with Crippen LogP contribution < -0.4 is 20.1 Å². The topological polar surface area (TPSA) is 59.6 Å². The maximum Gasteiger partial charge on any atom is 0.262 e. The minimum absolute atomic E-state index is 0.181. The second-order valence-corrected chi connectivity index (χ2v) is 8.84. The highest BCUT2D eigenvalue weighted by Crippen LogP contribution is 2.37. The first-order chi connectivity index (χ1) is 15.3. The Hall–Kier alpha value is -2.41. The van der Waals surface area contributed by atoms with Crippen molar-refractivity contribution in [1.29, 1.82) is 0 Å². The van der Waals surface area contributed by atoms with Gasteiger partial charge in [-0.3, -0.25) is 4.79 Å². The third kappa shape index (κ3) is 6.09. The summed E-state index contributed by atoms with van der Waals surface area (Å²) in [5.41, 5.74) is 4.47. The molecule has 1 amide bonds. The lowest BCUT2D eigenvalue weighted by Gasteiger charge is -2.16. The maximum atomic E-state index is 12.3. The number of methoxy groups -OCH3 is 1. The van der Waals surface area contributed by atoms with E-state index in [-0.39, 0.29) is 12.5 Å². The van der Waals surface area contributed by atoms with Gasteiger partial charge in [0, 0.05) is 28.0 Å². The highest BCUT2D eigenvalue weighted by molar-refractivity contribution is 9.10. The number of anilines is 2. The van der Waals surface area contributed by atoms with Crippen LogP contribution >= 0.6 is 39.1 Å². The van der Waals surface area contributed by atoms with Crippen LogP contribution in [0.15, 0.2) is 53.0 Å². The molecule has 5 nitrogen and oxygen atoms in total. The number of hydrogen-bond donors (Lipinski definition) is 2. The summed E-state index contributed by atoms with van der Waals surface area (Å²) in [6.07, 6.45) is 0. The zero-order valence-electron chi connectivity index (χ0n) is 17.9. The van der Waals surface area contributed by atoms with E-state index in [1.807, 2.05) is 50.2 Å². The monoisotopic (exact) mass is 536 g/mol. The highest BCUT2D eigenvalue weighted by atomic mass is 79.9. The molecule has 0 aliphatic carbocycles. The van der Waals surface area contributed by atoms with E-state index in [0.29, 0.717) is 38.2 Å². The predicted octanol–water partition coefficient (Wildman–Crippen LogP) is 7.01. The Balaban J connectivity index is 1.66. The van der Waals surface area contributed by atoms with Crippen LogP contribution in [0.5, 0.6) is 11.5 Å². The summed E-state index contributed by atoms with van der Waals surface area (Å²) in [6, 6.07) is 14.9. The summed E-state index contributed by atoms with van der Waals surface area (Å²) < 4.78 is 11.9. The number of carbonyl (C=O) groups excluding carboxylic acids is 1. The standard InChI is InChI=1S/C24H23BrCl2N2O3/c1-14-7-8-17(11-20(14)27)29-23(30)13-32-24-18(25)9-16(10-22(24)31-3)12-28-21-6-4-5-19(26)15(21)2/h4-11,28H,12-13H2,1-3H3,(H,29,30).